The van der Waals surface area contributed by atoms with Crippen LogP contribution in [0.1, 0.15) is 35.1 Å². The number of nitrogens with zero attached hydrogens (tertiary/aromatic N) is 3. The standard InChI is InChI=1S/C24H22F3N5O5/c1-14-8-20(33)31(12-14)17-6-5-15(19(9-17)37-24(25,26)27)11-29-22(35)18-10-21(34)32(23(36)30-18)13-16-4-2-3-7-28-16/h2-7,9-10,14H,8,11-13H2,1H3,(H,29,35)(H,30,36). The van der Waals surface area contributed by atoms with Crippen molar-refractivity contribution in [1.29, 1.82) is 0 Å². The van der Waals surface area contributed by atoms with Crippen LogP contribution >= 0.6 is 0 Å². The molecular weight excluding hydrogens is 495 g/mol. The van der Waals surface area contributed by atoms with Crippen LogP contribution in [0.5, 0.6) is 5.75 Å². The van der Waals surface area contributed by atoms with Gasteiger partial charge in [-0.2, -0.15) is 0 Å². The molecule has 194 valence electrons. The summed E-state index contributed by atoms with van der Waals surface area (Å²) in [5.41, 5.74) is -1.30. The highest BCUT2D eigenvalue weighted by Crippen LogP contribution is 2.33. The number of hydrogen-bond acceptors (Lipinski definition) is 6. The van der Waals surface area contributed by atoms with E-state index in [9.17, 15) is 32.3 Å². The molecule has 1 aliphatic heterocycles. The number of halogens is 3. The summed E-state index contributed by atoms with van der Waals surface area (Å²) < 4.78 is 44.1. The predicted molar refractivity (Wildman–Crippen MR) is 125 cm³/mol. The summed E-state index contributed by atoms with van der Waals surface area (Å²) in [6, 6.07) is 9.76. The van der Waals surface area contributed by atoms with Crippen LogP contribution in [0, 0.1) is 5.92 Å². The summed E-state index contributed by atoms with van der Waals surface area (Å²) in [7, 11) is 0. The number of nitrogens with one attached hydrogen (secondary N) is 2. The maximum absolute atomic E-state index is 13.0. The number of H-pyrrole nitrogens is 1. The molecule has 0 aliphatic carbocycles. The molecule has 2 N–H and O–H groups in total. The highest BCUT2D eigenvalue weighted by Gasteiger charge is 2.33. The van der Waals surface area contributed by atoms with E-state index in [0.29, 0.717) is 12.2 Å². The lowest BCUT2D eigenvalue weighted by molar-refractivity contribution is -0.274. The predicted octanol–water partition coefficient (Wildman–Crippen LogP) is 2.18. The van der Waals surface area contributed by atoms with Crippen LogP contribution in [0.25, 0.3) is 0 Å². The second-order valence-corrected chi connectivity index (χ2v) is 8.57. The van der Waals surface area contributed by atoms with E-state index in [1.807, 2.05) is 6.92 Å². The van der Waals surface area contributed by atoms with Crippen molar-refractivity contribution in [2.24, 2.45) is 5.92 Å². The molecule has 0 radical (unpaired) electrons. The fourth-order valence-electron chi connectivity index (χ4n) is 3.93. The van der Waals surface area contributed by atoms with Gasteiger partial charge in [-0.05, 0) is 24.1 Å². The van der Waals surface area contributed by atoms with Crippen LogP contribution in [0.4, 0.5) is 18.9 Å². The van der Waals surface area contributed by atoms with E-state index in [2.05, 4.69) is 20.0 Å². The molecule has 1 fully saturated rings. The average Bonchev–Trinajstić information content (AvgIpc) is 3.17. The Hall–Kier alpha value is -4.42. The fourth-order valence-corrected chi connectivity index (χ4v) is 3.93. The van der Waals surface area contributed by atoms with Crippen molar-refractivity contribution < 1.29 is 27.5 Å². The number of amides is 2. The van der Waals surface area contributed by atoms with Crippen LogP contribution in [-0.4, -0.2) is 39.3 Å². The Bertz CT molecular complexity index is 1400. The number of rotatable bonds is 7. The van der Waals surface area contributed by atoms with E-state index in [4.69, 9.17) is 0 Å². The maximum atomic E-state index is 13.0. The van der Waals surface area contributed by atoms with Gasteiger partial charge in [0.05, 0.1) is 12.2 Å². The molecule has 1 aliphatic rings. The summed E-state index contributed by atoms with van der Waals surface area (Å²) in [6.45, 7) is 1.70. The second kappa shape index (κ2) is 10.3. The Kier molecular flexibility index (Phi) is 7.14. The van der Waals surface area contributed by atoms with Crippen molar-refractivity contribution in [3.05, 3.63) is 86.5 Å². The summed E-state index contributed by atoms with van der Waals surface area (Å²) in [4.78, 5) is 57.3. The topological polar surface area (TPSA) is 126 Å². The van der Waals surface area contributed by atoms with Gasteiger partial charge >= 0.3 is 12.1 Å². The summed E-state index contributed by atoms with van der Waals surface area (Å²) >= 11 is 0. The van der Waals surface area contributed by atoms with Gasteiger partial charge < -0.3 is 19.9 Å². The van der Waals surface area contributed by atoms with Gasteiger partial charge in [0.25, 0.3) is 11.5 Å². The second-order valence-electron chi connectivity index (χ2n) is 8.57. The van der Waals surface area contributed by atoms with Crippen molar-refractivity contribution in [1.82, 2.24) is 19.9 Å². The zero-order valence-electron chi connectivity index (χ0n) is 19.5. The number of alkyl halides is 3. The van der Waals surface area contributed by atoms with Crippen LogP contribution in [0.3, 0.4) is 0 Å². The monoisotopic (exact) mass is 517 g/mol. The molecule has 2 aromatic heterocycles. The van der Waals surface area contributed by atoms with Gasteiger partial charge in [0.2, 0.25) is 5.91 Å². The molecule has 13 heteroatoms. The van der Waals surface area contributed by atoms with Crippen molar-refractivity contribution in [3.63, 3.8) is 0 Å². The Balaban J connectivity index is 1.52. The number of benzene rings is 1. The molecule has 10 nitrogen and oxygen atoms in total. The first-order valence-corrected chi connectivity index (χ1v) is 11.2. The molecule has 1 aromatic carbocycles. The molecule has 1 atom stereocenters. The highest BCUT2D eigenvalue weighted by atomic mass is 19.4. The number of aromatic amines is 1. The molecule has 0 spiro atoms. The van der Waals surface area contributed by atoms with Crippen LogP contribution in [0.15, 0.2) is 58.3 Å². The molecular formula is C24H22F3N5O5. The number of pyridine rings is 1. The smallest absolute Gasteiger partial charge is 0.405 e. The van der Waals surface area contributed by atoms with Crippen LogP contribution in [-0.2, 0) is 17.9 Å². The van der Waals surface area contributed by atoms with Gasteiger partial charge in [0.1, 0.15) is 11.4 Å². The Morgan fingerprint density at radius 3 is 2.59 bits per heavy atom. The van der Waals surface area contributed by atoms with Crippen molar-refractivity contribution >= 4 is 17.5 Å². The lowest BCUT2D eigenvalue weighted by Gasteiger charge is -2.20. The van der Waals surface area contributed by atoms with Crippen molar-refractivity contribution in [2.45, 2.75) is 32.8 Å². The normalized spacial score (nSPS) is 15.6. The zero-order chi connectivity index (χ0) is 26.7. The first-order valence-electron chi connectivity index (χ1n) is 11.2. The first-order chi connectivity index (χ1) is 17.5. The molecule has 0 bridgehead atoms. The minimum Gasteiger partial charge on any atom is -0.405 e. The Labute approximate surface area is 207 Å². The van der Waals surface area contributed by atoms with Gasteiger partial charge in [0.15, 0.2) is 0 Å². The van der Waals surface area contributed by atoms with Crippen molar-refractivity contribution in [2.75, 3.05) is 11.4 Å². The molecule has 2 amide bonds. The van der Waals surface area contributed by atoms with Gasteiger partial charge in [-0.3, -0.25) is 23.9 Å². The van der Waals surface area contributed by atoms with Gasteiger partial charge in [-0.15, -0.1) is 13.2 Å². The van der Waals surface area contributed by atoms with E-state index >= 15 is 0 Å². The number of anilines is 1. The molecule has 3 aromatic rings. The molecule has 4 rings (SSSR count). The number of ether oxygens (including phenoxy) is 1. The third kappa shape index (κ3) is 6.23. The highest BCUT2D eigenvalue weighted by molar-refractivity contribution is 5.96. The lowest BCUT2D eigenvalue weighted by Crippen LogP contribution is -2.38. The number of carbonyl (C=O) groups excluding carboxylic acids is 2. The van der Waals surface area contributed by atoms with E-state index < -0.39 is 35.8 Å². The van der Waals surface area contributed by atoms with Crippen LogP contribution in [0.2, 0.25) is 0 Å². The van der Waals surface area contributed by atoms with Gasteiger partial charge in [-0.25, -0.2) is 4.79 Å². The Morgan fingerprint density at radius 2 is 1.97 bits per heavy atom. The molecule has 3 heterocycles. The fraction of sp³-hybridized carbons (Fsp3) is 0.292. The largest absolute Gasteiger partial charge is 0.573 e. The minimum absolute atomic E-state index is 0.0278. The zero-order valence-corrected chi connectivity index (χ0v) is 19.5. The summed E-state index contributed by atoms with van der Waals surface area (Å²) in [5.74, 6) is -1.63. The summed E-state index contributed by atoms with van der Waals surface area (Å²) in [6.07, 6.45) is -3.22. The number of carbonyl (C=O) groups is 2. The quantitative estimate of drug-likeness (QED) is 0.495. The maximum Gasteiger partial charge on any atom is 0.573 e. The molecule has 1 unspecified atom stereocenters. The van der Waals surface area contributed by atoms with Gasteiger partial charge in [0, 0.05) is 49.1 Å². The number of aromatic nitrogens is 3. The van der Waals surface area contributed by atoms with E-state index in [-0.39, 0.29) is 41.7 Å². The van der Waals surface area contributed by atoms with E-state index in [1.165, 1.54) is 23.2 Å². The van der Waals surface area contributed by atoms with Gasteiger partial charge in [-0.1, -0.05) is 19.1 Å². The molecule has 0 saturated carbocycles. The van der Waals surface area contributed by atoms with E-state index in [0.717, 1.165) is 16.7 Å². The number of hydrogen-bond donors (Lipinski definition) is 2. The van der Waals surface area contributed by atoms with Crippen molar-refractivity contribution in [3.8, 4) is 5.75 Å². The lowest BCUT2D eigenvalue weighted by atomic mass is 10.1. The molecule has 37 heavy (non-hydrogen) atoms. The van der Waals surface area contributed by atoms with E-state index in [1.54, 1.807) is 18.2 Å². The van der Waals surface area contributed by atoms with Crippen LogP contribution < -0.4 is 26.2 Å². The Morgan fingerprint density at radius 1 is 1.19 bits per heavy atom. The first kappa shape index (κ1) is 25.7. The third-order valence-corrected chi connectivity index (χ3v) is 5.66. The average molecular weight is 517 g/mol. The molecule has 1 saturated heterocycles. The minimum atomic E-state index is -5.01. The summed E-state index contributed by atoms with van der Waals surface area (Å²) in [5, 5.41) is 2.37. The SMILES string of the molecule is CC1CC(=O)N(c2ccc(CNC(=O)c3cc(=O)n(Cc4ccccn4)c(=O)[nH]3)c(OC(F)(F)F)c2)C1. The third-order valence-electron chi connectivity index (χ3n) is 5.66.